The van der Waals surface area contributed by atoms with Crippen molar-refractivity contribution < 1.29 is 9.84 Å². The summed E-state index contributed by atoms with van der Waals surface area (Å²) in [5.74, 6) is 0. The lowest BCUT2D eigenvalue weighted by Gasteiger charge is -2.20. The lowest BCUT2D eigenvalue weighted by molar-refractivity contribution is -0.0118. The van der Waals surface area contributed by atoms with Gasteiger partial charge in [-0.3, -0.25) is 0 Å². The molecule has 0 aliphatic carbocycles. The maximum absolute atomic E-state index is 9.80. The molecule has 1 aromatic carbocycles. The number of aliphatic hydroxyl groups is 1. The summed E-state index contributed by atoms with van der Waals surface area (Å²) in [5, 5.41) is 13.0. The van der Waals surface area contributed by atoms with Crippen LogP contribution in [-0.4, -0.2) is 30.4 Å². The van der Waals surface area contributed by atoms with Crippen LogP contribution in [0.2, 0.25) is 0 Å². The minimum atomic E-state index is -0.454. The van der Waals surface area contributed by atoms with Gasteiger partial charge < -0.3 is 15.2 Å². The molecule has 0 heterocycles. The van der Waals surface area contributed by atoms with E-state index in [1.165, 1.54) is 5.56 Å². The van der Waals surface area contributed by atoms with Crippen molar-refractivity contribution in [3.05, 3.63) is 35.9 Å². The predicted octanol–water partition coefficient (Wildman–Crippen LogP) is 2.94. The van der Waals surface area contributed by atoms with Crippen molar-refractivity contribution in [3.8, 4) is 0 Å². The molecule has 2 atom stereocenters. The molecule has 0 spiro atoms. The first-order valence-corrected chi connectivity index (χ1v) is 6.71. The van der Waals surface area contributed by atoms with Crippen LogP contribution < -0.4 is 5.32 Å². The van der Waals surface area contributed by atoms with Gasteiger partial charge in [0.2, 0.25) is 0 Å². The number of ether oxygens (including phenoxy) is 1. The minimum absolute atomic E-state index is 0. The highest BCUT2D eigenvalue weighted by molar-refractivity contribution is 5.85. The molecule has 0 aromatic heterocycles. The minimum Gasteiger partial charge on any atom is -0.389 e. The van der Waals surface area contributed by atoms with Crippen LogP contribution in [0.5, 0.6) is 0 Å². The molecule has 1 aromatic rings. The number of hydrogen-bond acceptors (Lipinski definition) is 3. The number of rotatable bonds is 8. The molecule has 4 heteroatoms. The van der Waals surface area contributed by atoms with Crippen molar-refractivity contribution in [2.75, 3.05) is 13.2 Å². The van der Waals surface area contributed by atoms with E-state index in [1.807, 2.05) is 18.2 Å². The fourth-order valence-electron chi connectivity index (χ4n) is 1.78. The van der Waals surface area contributed by atoms with Gasteiger partial charge in [-0.1, -0.05) is 51.1 Å². The fourth-order valence-corrected chi connectivity index (χ4v) is 1.78. The zero-order valence-corrected chi connectivity index (χ0v) is 12.8. The van der Waals surface area contributed by atoms with E-state index in [0.717, 1.165) is 6.42 Å². The molecule has 0 fully saturated rings. The van der Waals surface area contributed by atoms with Crippen LogP contribution in [0.3, 0.4) is 0 Å². The second-order valence-corrected chi connectivity index (χ2v) is 4.86. The average Bonchev–Trinajstić information content (AvgIpc) is 2.38. The van der Waals surface area contributed by atoms with Crippen LogP contribution in [0.25, 0.3) is 0 Å². The van der Waals surface area contributed by atoms with Gasteiger partial charge in [0.05, 0.1) is 18.8 Å². The zero-order chi connectivity index (χ0) is 13.4. The molecule has 0 amide bonds. The van der Waals surface area contributed by atoms with Crippen molar-refractivity contribution in [1.29, 1.82) is 0 Å². The Hall–Kier alpha value is -0.610. The quantitative estimate of drug-likeness (QED) is 0.772. The Morgan fingerprint density at radius 2 is 1.84 bits per heavy atom. The molecular weight excluding hydrogens is 262 g/mol. The van der Waals surface area contributed by atoms with Gasteiger partial charge in [0.1, 0.15) is 0 Å². The number of hydrogen-bond donors (Lipinski definition) is 2. The summed E-state index contributed by atoms with van der Waals surface area (Å²) in [6.45, 7) is 7.16. The first kappa shape index (κ1) is 18.4. The number of benzene rings is 1. The zero-order valence-electron chi connectivity index (χ0n) is 12.0. The van der Waals surface area contributed by atoms with E-state index in [9.17, 15) is 5.11 Å². The van der Waals surface area contributed by atoms with Gasteiger partial charge in [0, 0.05) is 12.6 Å². The van der Waals surface area contributed by atoms with Crippen molar-refractivity contribution in [2.24, 2.45) is 0 Å². The lowest BCUT2D eigenvalue weighted by atomic mass is 10.1. The Morgan fingerprint density at radius 3 is 2.37 bits per heavy atom. The lowest BCUT2D eigenvalue weighted by Crippen LogP contribution is -2.34. The van der Waals surface area contributed by atoms with Crippen LogP contribution in [-0.2, 0) is 4.74 Å². The first-order chi connectivity index (χ1) is 8.63. The third-order valence-corrected chi connectivity index (χ3v) is 2.79. The Kier molecular flexibility index (Phi) is 9.88. The Bertz CT molecular complexity index is 319. The summed E-state index contributed by atoms with van der Waals surface area (Å²) in [7, 11) is 0. The van der Waals surface area contributed by atoms with Gasteiger partial charge >= 0.3 is 0 Å². The maximum Gasteiger partial charge on any atom is 0.0898 e. The molecule has 0 saturated heterocycles. The first-order valence-electron chi connectivity index (χ1n) is 6.71. The summed E-state index contributed by atoms with van der Waals surface area (Å²) >= 11 is 0. The average molecular weight is 288 g/mol. The van der Waals surface area contributed by atoms with Crippen LogP contribution in [0.4, 0.5) is 0 Å². The Morgan fingerprint density at radius 1 is 1.21 bits per heavy atom. The summed E-state index contributed by atoms with van der Waals surface area (Å²) in [6.07, 6.45) is 0.527. The smallest absolute Gasteiger partial charge is 0.0898 e. The molecule has 2 N–H and O–H groups in total. The van der Waals surface area contributed by atoms with Gasteiger partial charge in [-0.2, -0.15) is 0 Å². The second kappa shape index (κ2) is 10.2. The Balaban J connectivity index is 0.00000324. The molecule has 19 heavy (non-hydrogen) atoms. The van der Waals surface area contributed by atoms with Gasteiger partial charge in [0.15, 0.2) is 0 Å². The standard InChI is InChI=1S/C15H25NO2.ClH/c1-4-15(13-8-6-5-7-9-13)18-11-14(17)10-16-12(2)3;/h5-9,12,14-17H,4,10-11H2,1-3H3;1H. The molecule has 0 aliphatic rings. The molecule has 3 nitrogen and oxygen atoms in total. The van der Waals surface area contributed by atoms with Gasteiger partial charge in [-0.05, 0) is 12.0 Å². The predicted molar refractivity (Wildman–Crippen MR) is 81.8 cm³/mol. The van der Waals surface area contributed by atoms with Gasteiger partial charge in [-0.25, -0.2) is 0 Å². The van der Waals surface area contributed by atoms with E-state index in [2.05, 4.69) is 38.2 Å². The van der Waals surface area contributed by atoms with Crippen molar-refractivity contribution in [3.63, 3.8) is 0 Å². The van der Waals surface area contributed by atoms with E-state index in [0.29, 0.717) is 19.2 Å². The van der Waals surface area contributed by atoms with Gasteiger partial charge in [0.25, 0.3) is 0 Å². The van der Waals surface area contributed by atoms with Crippen LogP contribution in [0.1, 0.15) is 38.9 Å². The highest BCUT2D eigenvalue weighted by Gasteiger charge is 2.12. The second-order valence-electron chi connectivity index (χ2n) is 4.86. The van der Waals surface area contributed by atoms with Crippen molar-refractivity contribution in [2.45, 2.75) is 45.4 Å². The fraction of sp³-hybridized carbons (Fsp3) is 0.600. The van der Waals surface area contributed by atoms with E-state index in [-0.39, 0.29) is 18.5 Å². The summed E-state index contributed by atoms with van der Waals surface area (Å²) in [6, 6.07) is 10.5. The Labute approximate surface area is 122 Å². The maximum atomic E-state index is 9.80. The molecular formula is C15H26ClNO2. The van der Waals surface area contributed by atoms with E-state index in [1.54, 1.807) is 0 Å². The molecule has 0 aliphatic heterocycles. The van der Waals surface area contributed by atoms with Crippen LogP contribution in [0, 0.1) is 0 Å². The highest BCUT2D eigenvalue weighted by atomic mass is 35.5. The molecule has 0 radical (unpaired) electrons. The van der Waals surface area contributed by atoms with Gasteiger partial charge in [-0.15, -0.1) is 12.4 Å². The number of aliphatic hydroxyl groups excluding tert-OH is 1. The van der Waals surface area contributed by atoms with Crippen molar-refractivity contribution >= 4 is 12.4 Å². The number of halogens is 1. The van der Waals surface area contributed by atoms with E-state index >= 15 is 0 Å². The van der Waals surface area contributed by atoms with E-state index < -0.39 is 6.10 Å². The molecule has 1 rings (SSSR count). The SMILES string of the molecule is CCC(OCC(O)CNC(C)C)c1ccccc1.Cl. The van der Waals surface area contributed by atoms with E-state index in [4.69, 9.17) is 4.74 Å². The molecule has 0 bridgehead atoms. The number of nitrogens with one attached hydrogen (secondary N) is 1. The summed E-state index contributed by atoms with van der Waals surface area (Å²) < 4.78 is 5.78. The topological polar surface area (TPSA) is 41.5 Å². The molecule has 110 valence electrons. The van der Waals surface area contributed by atoms with Crippen molar-refractivity contribution in [1.82, 2.24) is 5.32 Å². The normalized spacial score (nSPS) is 13.9. The summed E-state index contributed by atoms with van der Waals surface area (Å²) in [5.41, 5.74) is 1.17. The summed E-state index contributed by atoms with van der Waals surface area (Å²) in [4.78, 5) is 0. The van der Waals surface area contributed by atoms with Crippen LogP contribution in [0.15, 0.2) is 30.3 Å². The third kappa shape index (κ3) is 7.53. The molecule has 2 unspecified atom stereocenters. The largest absolute Gasteiger partial charge is 0.389 e. The van der Waals surface area contributed by atoms with Crippen LogP contribution >= 0.6 is 12.4 Å². The monoisotopic (exact) mass is 287 g/mol. The highest BCUT2D eigenvalue weighted by Crippen LogP contribution is 2.20. The molecule has 0 saturated carbocycles. The third-order valence-electron chi connectivity index (χ3n) is 2.79.